The molecule has 1 heteroatoms. The van der Waals surface area contributed by atoms with Crippen LogP contribution in [-0.2, 0) is 0 Å². The number of benzene rings is 4. The zero-order chi connectivity index (χ0) is 14.4. The van der Waals surface area contributed by atoms with Gasteiger partial charge >= 0.3 is 0 Å². The van der Waals surface area contributed by atoms with E-state index < -0.39 is 0 Å². The minimum absolute atomic E-state index is 0.903. The molecule has 0 N–H and O–H groups in total. The lowest BCUT2D eigenvalue weighted by Gasteiger charge is -2.11. The van der Waals surface area contributed by atoms with Gasteiger partial charge in [0.2, 0.25) is 0 Å². The predicted molar refractivity (Wildman–Crippen MR) is 90.2 cm³/mol. The fourth-order valence-corrected chi connectivity index (χ4v) is 3.26. The van der Waals surface area contributed by atoms with Crippen LogP contribution in [0.15, 0.2) is 60.7 Å². The van der Waals surface area contributed by atoms with Crippen LogP contribution in [0.25, 0.3) is 32.3 Å². The molecule has 0 aliphatic carbocycles. The van der Waals surface area contributed by atoms with Gasteiger partial charge in [-0.3, -0.25) is 0 Å². The average Bonchev–Trinajstić information content (AvgIpc) is 2.53. The number of aryl methyl sites for hydroxylation is 1. The standard InChI is InChI=1S/C20H16O/c1-13-11-14-5-3-4-6-17(14)19-9-7-15-12-16(21-2)8-10-18(15)20(13)19/h3-12H,1-2H3. The molecule has 21 heavy (non-hydrogen) atoms. The van der Waals surface area contributed by atoms with Crippen LogP contribution in [0.4, 0.5) is 0 Å². The minimum atomic E-state index is 0.903. The highest BCUT2D eigenvalue weighted by molar-refractivity contribution is 6.18. The molecule has 0 unspecified atom stereocenters. The highest BCUT2D eigenvalue weighted by Gasteiger charge is 2.08. The van der Waals surface area contributed by atoms with Crippen molar-refractivity contribution in [2.45, 2.75) is 6.92 Å². The first kappa shape index (κ1) is 12.2. The first-order chi connectivity index (χ1) is 10.3. The predicted octanol–water partition coefficient (Wildman–Crippen LogP) is 5.46. The summed E-state index contributed by atoms with van der Waals surface area (Å²) in [7, 11) is 1.71. The maximum absolute atomic E-state index is 5.33. The second-order valence-corrected chi connectivity index (χ2v) is 5.49. The molecular weight excluding hydrogens is 256 g/mol. The molecule has 0 spiro atoms. The number of ether oxygens (including phenoxy) is 1. The molecule has 0 fully saturated rings. The van der Waals surface area contributed by atoms with Gasteiger partial charge in [-0.05, 0) is 56.9 Å². The third-order valence-electron chi connectivity index (χ3n) is 4.24. The SMILES string of the molecule is COc1ccc2c(ccc3c4ccccc4cc(C)c23)c1. The van der Waals surface area contributed by atoms with Gasteiger partial charge in [0.05, 0.1) is 7.11 Å². The third kappa shape index (κ3) is 1.78. The molecule has 0 heterocycles. The summed E-state index contributed by atoms with van der Waals surface area (Å²) in [4.78, 5) is 0. The Morgan fingerprint density at radius 3 is 2.33 bits per heavy atom. The summed E-state index contributed by atoms with van der Waals surface area (Å²) in [5.74, 6) is 0.903. The van der Waals surface area contributed by atoms with Gasteiger partial charge < -0.3 is 4.74 Å². The largest absolute Gasteiger partial charge is 0.497 e. The van der Waals surface area contributed by atoms with Crippen LogP contribution in [0.2, 0.25) is 0 Å². The van der Waals surface area contributed by atoms with Crippen molar-refractivity contribution in [1.82, 2.24) is 0 Å². The minimum Gasteiger partial charge on any atom is -0.497 e. The maximum atomic E-state index is 5.33. The molecule has 0 radical (unpaired) electrons. The van der Waals surface area contributed by atoms with Crippen molar-refractivity contribution in [1.29, 1.82) is 0 Å². The van der Waals surface area contributed by atoms with Gasteiger partial charge in [0.25, 0.3) is 0 Å². The van der Waals surface area contributed by atoms with Crippen LogP contribution in [0, 0.1) is 6.92 Å². The number of hydrogen-bond acceptors (Lipinski definition) is 1. The van der Waals surface area contributed by atoms with Gasteiger partial charge in [0.15, 0.2) is 0 Å². The van der Waals surface area contributed by atoms with E-state index in [1.807, 2.05) is 6.07 Å². The van der Waals surface area contributed by atoms with E-state index in [1.165, 1.54) is 37.9 Å². The van der Waals surface area contributed by atoms with E-state index in [0.717, 1.165) is 5.75 Å². The molecule has 0 aliphatic rings. The zero-order valence-corrected chi connectivity index (χ0v) is 12.2. The lowest BCUT2D eigenvalue weighted by atomic mass is 9.93. The van der Waals surface area contributed by atoms with Gasteiger partial charge in [-0.15, -0.1) is 0 Å². The Bertz CT molecular complexity index is 983. The fraction of sp³-hybridized carbons (Fsp3) is 0.100. The maximum Gasteiger partial charge on any atom is 0.119 e. The second kappa shape index (κ2) is 4.49. The molecule has 0 aliphatic heterocycles. The zero-order valence-electron chi connectivity index (χ0n) is 12.2. The summed E-state index contributed by atoms with van der Waals surface area (Å²) in [5.41, 5.74) is 1.32. The molecule has 4 aromatic carbocycles. The summed E-state index contributed by atoms with van der Waals surface area (Å²) >= 11 is 0. The first-order valence-corrected chi connectivity index (χ1v) is 7.17. The van der Waals surface area contributed by atoms with E-state index in [4.69, 9.17) is 4.74 Å². The Hall–Kier alpha value is -2.54. The summed E-state index contributed by atoms with van der Waals surface area (Å²) < 4.78 is 5.33. The molecule has 0 atom stereocenters. The first-order valence-electron chi connectivity index (χ1n) is 7.17. The molecule has 0 saturated heterocycles. The highest BCUT2D eigenvalue weighted by atomic mass is 16.5. The number of hydrogen-bond donors (Lipinski definition) is 0. The Balaban J connectivity index is 2.23. The van der Waals surface area contributed by atoms with Crippen molar-refractivity contribution < 1.29 is 4.74 Å². The Labute approximate surface area is 123 Å². The normalized spacial score (nSPS) is 11.3. The van der Waals surface area contributed by atoms with Gasteiger partial charge in [-0.1, -0.05) is 48.5 Å². The van der Waals surface area contributed by atoms with Crippen LogP contribution in [0.3, 0.4) is 0 Å². The van der Waals surface area contributed by atoms with Crippen molar-refractivity contribution in [2.24, 2.45) is 0 Å². The van der Waals surface area contributed by atoms with Crippen molar-refractivity contribution in [3.05, 3.63) is 66.2 Å². The average molecular weight is 272 g/mol. The van der Waals surface area contributed by atoms with E-state index in [1.54, 1.807) is 7.11 Å². The smallest absolute Gasteiger partial charge is 0.119 e. The molecule has 4 rings (SSSR count). The van der Waals surface area contributed by atoms with Gasteiger partial charge in [0.1, 0.15) is 5.75 Å². The van der Waals surface area contributed by atoms with Crippen molar-refractivity contribution in [3.63, 3.8) is 0 Å². The van der Waals surface area contributed by atoms with E-state index >= 15 is 0 Å². The van der Waals surface area contributed by atoms with E-state index in [2.05, 4.69) is 61.5 Å². The van der Waals surface area contributed by atoms with E-state index in [9.17, 15) is 0 Å². The Morgan fingerprint density at radius 2 is 1.48 bits per heavy atom. The quantitative estimate of drug-likeness (QED) is 0.418. The van der Waals surface area contributed by atoms with Crippen molar-refractivity contribution >= 4 is 32.3 Å². The molecule has 0 saturated carbocycles. The summed E-state index contributed by atoms with van der Waals surface area (Å²) in [6, 6.07) is 21.6. The molecule has 0 bridgehead atoms. The van der Waals surface area contributed by atoms with Crippen LogP contribution >= 0.6 is 0 Å². The van der Waals surface area contributed by atoms with Crippen LogP contribution < -0.4 is 4.74 Å². The van der Waals surface area contributed by atoms with Crippen molar-refractivity contribution in [2.75, 3.05) is 7.11 Å². The summed E-state index contributed by atoms with van der Waals surface area (Å²) in [5, 5.41) is 7.79. The second-order valence-electron chi connectivity index (χ2n) is 5.49. The van der Waals surface area contributed by atoms with Gasteiger partial charge in [-0.2, -0.15) is 0 Å². The lowest BCUT2D eigenvalue weighted by molar-refractivity contribution is 0.415. The third-order valence-corrected chi connectivity index (χ3v) is 4.24. The van der Waals surface area contributed by atoms with Crippen LogP contribution in [0.1, 0.15) is 5.56 Å². The molecule has 4 aromatic rings. The topological polar surface area (TPSA) is 9.23 Å². The molecule has 1 nitrogen and oxygen atoms in total. The molecule has 0 aromatic heterocycles. The summed E-state index contributed by atoms with van der Waals surface area (Å²) in [6.07, 6.45) is 0. The molecule has 102 valence electrons. The van der Waals surface area contributed by atoms with Crippen molar-refractivity contribution in [3.8, 4) is 5.75 Å². The number of fused-ring (bicyclic) bond motifs is 5. The van der Waals surface area contributed by atoms with E-state index in [-0.39, 0.29) is 0 Å². The molecular formula is C20H16O. The monoisotopic (exact) mass is 272 g/mol. The highest BCUT2D eigenvalue weighted by Crippen LogP contribution is 2.35. The lowest BCUT2D eigenvalue weighted by Crippen LogP contribution is -1.86. The number of rotatable bonds is 1. The molecule has 0 amide bonds. The van der Waals surface area contributed by atoms with Gasteiger partial charge in [-0.25, -0.2) is 0 Å². The fourth-order valence-electron chi connectivity index (χ4n) is 3.26. The Kier molecular flexibility index (Phi) is 2.61. The summed E-state index contributed by atoms with van der Waals surface area (Å²) in [6.45, 7) is 2.19. The van der Waals surface area contributed by atoms with Crippen LogP contribution in [0.5, 0.6) is 5.75 Å². The van der Waals surface area contributed by atoms with Gasteiger partial charge in [0, 0.05) is 0 Å². The van der Waals surface area contributed by atoms with Crippen LogP contribution in [-0.4, -0.2) is 7.11 Å². The number of methoxy groups -OCH3 is 1. The van der Waals surface area contributed by atoms with E-state index in [0.29, 0.717) is 0 Å². The Morgan fingerprint density at radius 1 is 0.714 bits per heavy atom.